The van der Waals surface area contributed by atoms with Crippen molar-refractivity contribution in [1.82, 2.24) is 9.97 Å². The second kappa shape index (κ2) is 5.09. The summed E-state index contributed by atoms with van der Waals surface area (Å²) in [4.78, 5) is 28.4. The zero-order chi connectivity index (χ0) is 13.1. The van der Waals surface area contributed by atoms with E-state index in [1.54, 1.807) is 6.07 Å². The molecule has 0 unspecified atom stereocenters. The Morgan fingerprint density at radius 1 is 1.33 bits per heavy atom. The van der Waals surface area contributed by atoms with Gasteiger partial charge in [0.2, 0.25) is 0 Å². The summed E-state index contributed by atoms with van der Waals surface area (Å²) >= 11 is 1.29. The molecular weight excluding hydrogens is 256 g/mol. The van der Waals surface area contributed by atoms with Gasteiger partial charge in [-0.1, -0.05) is 11.8 Å². The number of fused-ring (bicyclic) bond motifs is 1. The van der Waals surface area contributed by atoms with Crippen molar-refractivity contribution in [2.24, 2.45) is 0 Å². The number of rotatable bonds is 5. The standard InChI is InChI=1S/C11H10N2O4S/c14-9(15)3-4-18-11-12-7-2-1-6(10(16)17)5-8(7)13-11/h1-2,5H,3-4H2,(H,12,13)(H,14,15)(H,16,17). The van der Waals surface area contributed by atoms with Gasteiger partial charge in [0.25, 0.3) is 0 Å². The molecule has 0 saturated heterocycles. The number of aromatic carboxylic acids is 1. The van der Waals surface area contributed by atoms with Crippen LogP contribution < -0.4 is 0 Å². The Hall–Kier alpha value is -2.02. The Kier molecular flexibility index (Phi) is 3.52. The fraction of sp³-hybridized carbons (Fsp3) is 0.182. The van der Waals surface area contributed by atoms with E-state index in [4.69, 9.17) is 10.2 Å². The van der Waals surface area contributed by atoms with Crippen LogP contribution in [0.5, 0.6) is 0 Å². The molecule has 0 atom stereocenters. The Balaban J connectivity index is 2.16. The zero-order valence-electron chi connectivity index (χ0n) is 9.21. The molecule has 94 valence electrons. The monoisotopic (exact) mass is 266 g/mol. The first-order valence-corrected chi connectivity index (χ1v) is 6.12. The molecular formula is C11H10N2O4S. The third-order valence-electron chi connectivity index (χ3n) is 2.26. The van der Waals surface area contributed by atoms with Crippen molar-refractivity contribution >= 4 is 34.7 Å². The molecule has 2 aromatic rings. The highest BCUT2D eigenvalue weighted by atomic mass is 32.2. The maximum atomic E-state index is 10.8. The van der Waals surface area contributed by atoms with Crippen LogP contribution in [-0.4, -0.2) is 37.9 Å². The van der Waals surface area contributed by atoms with Crippen LogP contribution in [-0.2, 0) is 4.79 Å². The maximum absolute atomic E-state index is 10.8. The summed E-state index contributed by atoms with van der Waals surface area (Å²) in [6, 6.07) is 4.61. The Bertz CT molecular complexity index is 608. The predicted molar refractivity (Wildman–Crippen MR) is 66.0 cm³/mol. The summed E-state index contributed by atoms with van der Waals surface area (Å²) in [6.45, 7) is 0. The molecule has 2 rings (SSSR count). The van der Waals surface area contributed by atoms with E-state index in [1.807, 2.05) is 0 Å². The smallest absolute Gasteiger partial charge is 0.335 e. The lowest BCUT2D eigenvalue weighted by Gasteiger charge is -1.93. The molecule has 1 aromatic carbocycles. The molecule has 0 fully saturated rings. The molecule has 0 spiro atoms. The quantitative estimate of drug-likeness (QED) is 0.713. The van der Waals surface area contributed by atoms with Gasteiger partial charge in [0.05, 0.1) is 23.0 Å². The second-order valence-electron chi connectivity index (χ2n) is 3.57. The van der Waals surface area contributed by atoms with Gasteiger partial charge >= 0.3 is 11.9 Å². The van der Waals surface area contributed by atoms with Crippen LogP contribution in [0, 0.1) is 0 Å². The number of hydrogen-bond donors (Lipinski definition) is 3. The van der Waals surface area contributed by atoms with Crippen LogP contribution >= 0.6 is 11.8 Å². The van der Waals surface area contributed by atoms with Gasteiger partial charge in [0.1, 0.15) is 0 Å². The van der Waals surface area contributed by atoms with Crippen molar-refractivity contribution in [3.63, 3.8) is 0 Å². The average Bonchev–Trinajstić information content (AvgIpc) is 2.69. The molecule has 7 heteroatoms. The first-order valence-electron chi connectivity index (χ1n) is 5.14. The van der Waals surface area contributed by atoms with Gasteiger partial charge in [-0.05, 0) is 18.2 Å². The number of H-pyrrole nitrogens is 1. The number of imidazole rings is 1. The van der Waals surface area contributed by atoms with Crippen molar-refractivity contribution in [3.8, 4) is 0 Å². The number of benzene rings is 1. The van der Waals surface area contributed by atoms with E-state index in [0.29, 0.717) is 21.9 Å². The fourth-order valence-corrected chi connectivity index (χ4v) is 2.24. The summed E-state index contributed by atoms with van der Waals surface area (Å²) in [7, 11) is 0. The highest BCUT2D eigenvalue weighted by Crippen LogP contribution is 2.21. The van der Waals surface area contributed by atoms with Crippen molar-refractivity contribution in [2.45, 2.75) is 11.6 Å². The Morgan fingerprint density at radius 2 is 2.11 bits per heavy atom. The van der Waals surface area contributed by atoms with Crippen molar-refractivity contribution in [2.75, 3.05) is 5.75 Å². The van der Waals surface area contributed by atoms with Gasteiger partial charge in [-0.15, -0.1) is 0 Å². The lowest BCUT2D eigenvalue weighted by atomic mass is 10.2. The summed E-state index contributed by atoms with van der Waals surface area (Å²) < 4.78 is 0. The number of carbonyl (C=O) groups is 2. The highest BCUT2D eigenvalue weighted by molar-refractivity contribution is 7.99. The molecule has 0 saturated carbocycles. The number of carboxylic acid groups (broad SMARTS) is 2. The van der Waals surface area contributed by atoms with Gasteiger partial charge in [-0.25, -0.2) is 9.78 Å². The minimum absolute atomic E-state index is 0.0576. The number of thioether (sulfide) groups is 1. The fourth-order valence-electron chi connectivity index (χ4n) is 1.42. The molecule has 0 amide bonds. The largest absolute Gasteiger partial charge is 0.481 e. The van der Waals surface area contributed by atoms with Crippen LogP contribution in [0.3, 0.4) is 0 Å². The molecule has 0 bridgehead atoms. The minimum atomic E-state index is -0.994. The van der Waals surface area contributed by atoms with E-state index in [9.17, 15) is 9.59 Å². The molecule has 18 heavy (non-hydrogen) atoms. The molecule has 3 N–H and O–H groups in total. The second-order valence-corrected chi connectivity index (χ2v) is 4.65. The topological polar surface area (TPSA) is 103 Å². The predicted octanol–water partition coefficient (Wildman–Crippen LogP) is 1.83. The van der Waals surface area contributed by atoms with E-state index in [0.717, 1.165) is 0 Å². The van der Waals surface area contributed by atoms with Gasteiger partial charge in [0, 0.05) is 5.75 Å². The molecule has 1 aromatic heterocycles. The molecule has 0 radical (unpaired) electrons. The normalized spacial score (nSPS) is 10.7. The SMILES string of the molecule is O=C(O)CCSc1nc2ccc(C(=O)O)cc2[nH]1. The first kappa shape index (κ1) is 12.4. The number of aromatic amines is 1. The third-order valence-corrected chi connectivity index (χ3v) is 3.14. The lowest BCUT2D eigenvalue weighted by Crippen LogP contribution is -1.95. The van der Waals surface area contributed by atoms with Crippen LogP contribution in [0.15, 0.2) is 23.4 Å². The van der Waals surface area contributed by atoms with Gasteiger partial charge in [-0.2, -0.15) is 0 Å². The molecule has 0 aliphatic carbocycles. The van der Waals surface area contributed by atoms with Gasteiger partial charge in [0.15, 0.2) is 5.16 Å². The molecule has 1 heterocycles. The van der Waals surface area contributed by atoms with Gasteiger partial charge < -0.3 is 15.2 Å². The van der Waals surface area contributed by atoms with Crippen LogP contribution in [0.1, 0.15) is 16.8 Å². The summed E-state index contributed by atoms with van der Waals surface area (Å²) in [5.74, 6) is -1.43. The highest BCUT2D eigenvalue weighted by Gasteiger charge is 2.08. The lowest BCUT2D eigenvalue weighted by molar-refractivity contribution is -0.136. The van der Waals surface area contributed by atoms with Crippen LogP contribution in [0.4, 0.5) is 0 Å². The zero-order valence-corrected chi connectivity index (χ0v) is 10.0. The number of nitrogens with one attached hydrogen (secondary N) is 1. The molecule has 0 aliphatic heterocycles. The summed E-state index contributed by atoms with van der Waals surface area (Å²) in [5, 5.41) is 18.0. The third kappa shape index (κ3) is 2.80. The van der Waals surface area contributed by atoms with Crippen molar-refractivity contribution in [1.29, 1.82) is 0 Å². The Labute approximate surface area is 106 Å². The number of nitrogens with zero attached hydrogens (tertiary/aromatic N) is 1. The summed E-state index contributed by atoms with van der Waals surface area (Å²) in [6.07, 6.45) is 0.0576. The molecule has 6 nitrogen and oxygen atoms in total. The molecule has 0 aliphatic rings. The van der Waals surface area contributed by atoms with Crippen molar-refractivity contribution < 1.29 is 19.8 Å². The van der Waals surface area contributed by atoms with E-state index in [2.05, 4.69) is 9.97 Å². The van der Waals surface area contributed by atoms with Crippen LogP contribution in [0.2, 0.25) is 0 Å². The van der Waals surface area contributed by atoms with E-state index >= 15 is 0 Å². The number of aromatic nitrogens is 2. The van der Waals surface area contributed by atoms with Gasteiger partial charge in [-0.3, -0.25) is 4.79 Å². The Morgan fingerprint density at radius 3 is 2.78 bits per heavy atom. The maximum Gasteiger partial charge on any atom is 0.335 e. The van der Waals surface area contributed by atoms with E-state index < -0.39 is 11.9 Å². The van der Waals surface area contributed by atoms with Crippen LogP contribution in [0.25, 0.3) is 11.0 Å². The minimum Gasteiger partial charge on any atom is -0.481 e. The first-order chi connectivity index (χ1) is 8.56. The average molecular weight is 266 g/mol. The van der Waals surface area contributed by atoms with Crippen molar-refractivity contribution in [3.05, 3.63) is 23.8 Å². The number of aliphatic carboxylic acids is 1. The van der Waals surface area contributed by atoms with E-state index in [1.165, 1.54) is 23.9 Å². The summed E-state index contributed by atoms with van der Waals surface area (Å²) in [5.41, 5.74) is 1.48. The number of hydrogen-bond acceptors (Lipinski definition) is 4. The van der Waals surface area contributed by atoms with E-state index in [-0.39, 0.29) is 12.0 Å². The number of carboxylic acids is 2.